The number of aromatic nitrogens is 3. The number of hydrogen-bond acceptors (Lipinski definition) is 6. The van der Waals surface area contributed by atoms with Gasteiger partial charge in [-0.1, -0.05) is 11.6 Å². The molecule has 3 aromatic rings. The van der Waals surface area contributed by atoms with E-state index in [1.54, 1.807) is 12.4 Å². The van der Waals surface area contributed by atoms with Crippen molar-refractivity contribution in [1.82, 2.24) is 15.0 Å². The number of fused-ring (bicyclic) bond motifs is 1. The highest BCUT2D eigenvalue weighted by Crippen LogP contribution is 2.31. The standard InChI is InChI=1S/C15H12ClN5O2/c16-12-8-13-11(7-14(12)21(22)23)15(20-9-19-13)18-6-3-10-1-4-17-5-2-10/h1-2,4-5,7-9H,3,6H2,(H,18,19,20). The van der Waals surface area contributed by atoms with Crippen molar-refractivity contribution in [1.29, 1.82) is 0 Å². The molecule has 0 saturated carbocycles. The summed E-state index contributed by atoms with van der Waals surface area (Å²) < 4.78 is 0. The second-order valence-electron chi connectivity index (χ2n) is 4.83. The highest BCUT2D eigenvalue weighted by molar-refractivity contribution is 6.33. The fourth-order valence-electron chi connectivity index (χ4n) is 2.22. The molecule has 0 radical (unpaired) electrons. The van der Waals surface area contributed by atoms with Gasteiger partial charge in [0.15, 0.2) is 0 Å². The molecule has 0 aliphatic heterocycles. The minimum absolute atomic E-state index is 0.0592. The van der Waals surface area contributed by atoms with Crippen LogP contribution in [0.5, 0.6) is 0 Å². The number of rotatable bonds is 5. The molecule has 3 rings (SSSR count). The summed E-state index contributed by atoms with van der Waals surface area (Å²) in [5.74, 6) is 0.545. The van der Waals surface area contributed by atoms with Gasteiger partial charge < -0.3 is 5.32 Å². The normalized spacial score (nSPS) is 10.7. The summed E-state index contributed by atoms with van der Waals surface area (Å²) in [6.07, 6.45) is 5.66. The molecule has 1 aromatic carbocycles. The van der Waals surface area contributed by atoms with Crippen LogP contribution in [0, 0.1) is 10.1 Å². The Labute approximate surface area is 136 Å². The van der Waals surface area contributed by atoms with Gasteiger partial charge in [0.2, 0.25) is 0 Å². The van der Waals surface area contributed by atoms with Crippen LogP contribution in [0.15, 0.2) is 43.0 Å². The van der Waals surface area contributed by atoms with E-state index >= 15 is 0 Å². The minimum atomic E-state index is -0.518. The first-order valence-electron chi connectivity index (χ1n) is 6.86. The number of halogens is 1. The van der Waals surface area contributed by atoms with Gasteiger partial charge in [-0.2, -0.15) is 0 Å². The maximum Gasteiger partial charge on any atom is 0.288 e. The first kappa shape index (κ1) is 15.1. The molecule has 2 heterocycles. The predicted molar refractivity (Wildman–Crippen MR) is 87.6 cm³/mol. The summed E-state index contributed by atoms with van der Waals surface area (Å²) in [7, 11) is 0. The molecule has 0 atom stereocenters. The van der Waals surface area contributed by atoms with Gasteiger partial charge in [-0.15, -0.1) is 0 Å². The van der Waals surface area contributed by atoms with Crippen molar-refractivity contribution in [3.63, 3.8) is 0 Å². The average Bonchev–Trinajstić information content (AvgIpc) is 2.55. The van der Waals surface area contributed by atoms with E-state index in [1.807, 2.05) is 12.1 Å². The summed E-state index contributed by atoms with van der Waals surface area (Å²) in [4.78, 5) is 22.8. The van der Waals surface area contributed by atoms with Crippen molar-refractivity contribution in [2.45, 2.75) is 6.42 Å². The summed E-state index contributed by atoms with van der Waals surface area (Å²) in [5, 5.41) is 14.8. The number of nitrogens with zero attached hydrogens (tertiary/aromatic N) is 4. The SMILES string of the molecule is O=[N+]([O-])c1cc2c(NCCc3ccncc3)ncnc2cc1Cl. The molecule has 116 valence electrons. The summed E-state index contributed by atoms with van der Waals surface area (Å²) >= 11 is 5.91. The Bertz CT molecular complexity index is 857. The predicted octanol–water partition coefficient (Wildman–Crippen LogP) is 3.24. The zero-order valence-corrected chi connectivity index (χ0v) is 12.7. The Morgan fingerprint density at radius 3 is 2.74 bits per heavy atom. The monoisotopic (exact) mass is 329 g/mol. The molecule has 0 fully saturated rings. The van der Waals surface area contributed by atoms with Crippen LogP contribution in [0.3, 0.4) is 0 Å². The van der Waals surface area contributed by atoms with Crippen molar-refractivity contribution in [2.75, 3.05) is 11.9 Å². The Balaban J connectivity index is 1.85. The second-order valence-corrected chi connectivity index (χ2v) is 5.24. The molecule has 0 aliphatic carbocycles. The van der Waals surface area contributed by atoms with Gasteiger partial charge in [-0.05, 0) is 30.2 Å². The summed E-state index contributed by atoms with van der Waals surface area (Å²) in [6.45, 7) is 0.631. The van der Waals surface area contributed by atoms with Crippen LogP contribution in [0.25, 0.3) is 10.9 Å². The van der Waals surface area contributed by atoms with Gasteiger partial charge in [-0.3, -0.25) is 15.1 Å². The second kappa shape index (κ2) is 6.53. The van der Waals surface area contributed by atoms with Gasteiger partial charge in [0.25, 0.3) is 5.69 Å². The molecule has 0 spiro atoms. The quantitative estimate of drug-likeness (QED) is 0.570. The third-order valence-corrected chi connectivity index (χ3v) is 3.66. The van der Waals surface area contributed by atoms with E-state index in [4.69, 9.17) is 11.6 Å². The number of nitro benzene ring substituents is 1. The molecule has 7 nitrogen and oxygen atoms in total. The lowest BCUT2D eigenvalue weighted by atomic mass is 10.2. The van der Waals surface area contributed by atoms with E-state index in [0.717, 1.165) is 12.0 Å². The fraction of sp³-hybridized carbons (Fsp3) is 0.133. The van der Waals surface area contributed by atoms with Crippen LogP contribution in [0.1, 0.15) is 5.56 Å². The summed E-state index contributed by atoms with van der Waals surface area (Å²) in [5.41, 5.74) is 1.54. The molecule has 0 aliphatic rings. The van der Waals surface area contributed by atoms with Gasteiger partial charge in [0.05, 0.1) is 10.4 Å². The Hall–Kier alpha value is -2.80. The number of nitrogens with one attached hydrogen (secondary N) is 1. The third kappa shape index (κ3) is 3.35. The molecular formula is C15H12ClN5O2. The third-order valence-electron chi connectivity index (χ3n) is 3.36. The molecule has 0 saturated heterocycles. The Morgan fingerprint density at radius 1 is 1.22 bits per heavy atom. The van der Waals surface area contributed by atoms with Crippen molar-refractivity contribution < 1.29 is 4.92 Å². The average molecular weight is 330 g/mol. The topological polar surface area (TPSA) is 93.8 Å². The maximum atomic E-state index is 11.0. The molecule has 23 heavy (non-hydrogen) atoms. The first-order valence-corrected chi connectivity index (χ1v) is 7.24. The molecule has 0 unspecified atom stereocenters. The zero-order valence-electron chi connectivity index (χ0n) is 11.9. The van der Waals surface area contributed by atoms with Crippen molar-refractivity contribution in [3.8, 4) is 0 Å². The highest BCUT2D eigenvalue weighted by atomic mass is 35.5. The van der Waals surface area contributed by atoms with Crippen molar-refractivity contribution >= 4 is 34.0 Å². The smallest absolute Gasteiger partial charge is 0.288 e. The Kier molecular flexibility index (Phi) is 4.29. The van der Waals surface area contributed by atoms with Gasteiger partial charge >= 0.3 is 0 Å². The van der Waals surface area contributed by atoms with E-state index in [0.29, 0.717) is 23.3 Å². The number of hydrogen-bond donors (Lipinski definition) is 1. The zero-order chi connectivity index (χ0) is 16.2. The van der Waals surface area contributed by atoms with E-state index < -0.39 is 4.92 Å². The van der Waals surface area contributed by atoms with Gasteiger partial charge in [0, 0.05) is 30.4 Å². The number of anilines is 1. The number of benzene rings is 1. The molecule has 1 N–H and O–H groups in total. The van der Waals surface area contributed by atoms with Gasteiger partial charge in [-0.25, -0.2) is 9.97 Å². The van der Waals surface area contributed by atoms with E-state index in [1.165, 1.54) is 18.5 Å². The van der Waals surface area contributed by atoms with Crippen LogP contribution >= 0.6 is 11.6 Å². The number of pyridine rings is 1. The first-order chi connectivity index (χ1) is 11.1. The van der Waals surface area contributed by atoms with Crippen LogP contribution < -0.4 is 5.32 Å². The fourth-order valence-corrected chi connectivity index (χ4v) is 2.45. The van der Waals surface area contributed by atoms with Crippen molar-refractivity contribution in [2.24, 2.45) is 0 Å². The largest absolute Gasteiger partial charge is 0.369 e. The van der Waals surface area contributed by atoms with Gasteiger partial charge in [0.1, 0.15) is 17.2 Å². The van der Waals surface area contributed by atoms with E-state index in [-0.39, 0.29) is 10.7 Å². The lowest BCUT2D eigenvalue weighted by molar-refractivity contribution is -0.384. The maximum absolute atomic E-state index is 11.0. The molecular weight excluding hydrogens is 318 g/mol. The molecule has 0 amide bonds. The lowest BCUT2D eigenvalue weighted by Gasteiger charge is -2.08. The van der Waals surface area contributed by atoms with Crippen molar-refractivity contribution in [3.05, 3.63) is 63.7 Å². The highest BCUT2D eigenvalue weighted by Gasteiger charge is 2.16. The van der Waals surface area contributed by atoms with Crippen LogP contribution in [0.4, 0.5) is 11.5 Å². The van der Waals surface area contributed by atoms with Crippen LogP contribution in [-0.2, 0) is 6.42 Å². The van der Waals surface area contributed by atoms with Crippen LogP contribution in [-0.4, -0.2) is 26.4 Å². The molecule has 2 aromatic heterocycles. The summed E-state index contributed by atoms with van der Waals surface area (Å²) in [6, 6.07) is 6.74. The van der Waals surface area contributed by atoms with Crippen LogP contribution in [0.2, 0.25) is 5.02 Å². The molecule has 8 heteroatoms. The lowest BCUT2D eigenvalue weighted by Crippen LogP contribution is -2.07. The minimum Gasteiger partial charge on any atom is -0.369 e. The molecule has 0 bridgehead atoms. The van der Waals surface area contributed by atoms with E-state index in [2.05, 4.69) is 20.3 Å². The van der Waals surface area contributed by atoms with E-state index in [9.17, 15) is 10.1 Å². The Morgan fingerprint density at radius 2 is 2.00 bits per heavy atom. The number of nitro groups is 1.